The molecule has 0 aromatic heterocycles. The van der Waals surface area contributed by atoms with Gasteiger partial charge in [0.2, 0.25) is 0 Å². The summed E-state index contributed by atoms with van der Waals surface area (Å²) in [4.78, 5) is 5.09. The van der Waals surface area contributed by atoms with E-state index in [9.17, 15) is 0 Å². The molecule has 0 bridgehead atoms. The van der Waals surface area contributed by atoms with E-state index in [1.54, 1.807) is 7.11 Å². The van der Waals surface area contributed by atoms with Crippen molar-refractivity contribution < 1.29 is 4.74 Å². The van der Waals surface area contributed by atoms with Crippen molar-refractivity contribution in [1.29, 1.82) is 0 Å². The van der Waals surface area contributed by atoms with Gasteiger partial charge >= 0.3 is 0 Å². The fourth-order valence-electron chi connectivity index (χ4n) is 2.37. The molecule has 0 radical (unpaired) electrons. The maximum Gasteiger partial charge on any atom is 0.0705 e. The predicted molar refractivity (Wildman–Crippen MR) is 72.2 cm³/mol. The van der Waals surface area contributed by atoms with Crippen LogP contribution in [0, 0.1) is 5.92 Å². The second-order valence-corrected chi connectivity index (χ2v) is 5.42. The van der Waals surface area contributed by atoms with Crippen LogP contribution in [0.25, 0.3) is 0 Å². The highest BCUT2D eigenvalue weighted by Gasteiger charge is 2.18. The van der Waals surface area contributed by atoms with Crippen molar-refractivity contribution in [2.24, 2.45) is 11.7 Å². The summed E-state index contributed by atoms with van der Waals surface area (Å²) in [6.07, 6.45) is 1.28. The van der Waals surface area contributed by atoms with Crippen molar-refractivity contribution in [3.05, 3.63) is 0 Å². The van der Waals surface area contributed by atoms with Gasteiger partial charge in [-0.1, -0.05) is 13.8 Å². The molecule has 1 fully saturated rings. The SMILES string of the molecule is COC(CN)CCN1CCN(CC(C)C)CC1. The Morgan fingerprint density at radius 1 is 1.12 bits per heavy atom. The van der Waals surface area contributed by atoms with Crippen LogP contribution in [-0.2, 0) is 4.74 Å². The van der Waals surface area contributed by atoms with Gasteiger partial charge in [0.15, 0.2) is 0 Å². The molecule has 0 aromatic rings. The van der Waals surface area contributed by atoms with E-state index in [0.717, 1.165) is 18.9 Å². The highest BCUT2D eigenvalue weighted by atomic mass is 16.5. The largest absolute Gasteiger partial charge is 0.380 e. The summed E-state index contributed by atoms with van der Waals surface area (Å²) in [5, 5.41) is 0. The average molecular weight is 243 g/mol. The number of rotatable bonds is 7. The summed E-state index contributed by atoms with van der Waals surface area (Å²) in [6.45, 7) is 12.3. The van der Waals surface area contributed by atoms with Crippen LogP contribution in [0.2, 0.25) is 0 Å². The quantitative estimate of drug-likeness (QED) is 0.712. The lowest BCUT2D eigenvalue weighted by Crippen LogP contribution is -2.48. The summed E-state index contributed by atoms with van der Waals surface area (Å²) in [6, 6.07) is 0. The highest BCUT2D eigenvalue weighted by Crippen LogP contribution is 2.07. The maximum atomic E-state index is 5.62. The molecule has 4 heteroatoms. The molecule has 2 N–H and O–H groups in total. The Morgan fingerprint density at radius 2 is 1.71 bits per heavy atom. The number of piperazine rings is 1. The van der Waals surface area contributed by atoms with Crippen molar-refractivity contribution in [3.63, 3.8) is 0 Å². The monoisotopic (exact) mass is 243 g/mol. The van der Waals surface area contributed by atoms with Crippen molar-refractivity contribution >= 4 is 0 Å². The van der Waals surface area contributed by atoms with Gasteiger partial charge in [-0.05, 0) is 12.3 Å². The molecule has 0 spiro atoms. The van der Waals surface area contributed by atoms with Gasteiger partial charge in [0.1, 0.15) is 0 Å². The van der Waals surface area contributed by atoms with Gasteiger partial charge in [-0.15, -0.1) is 0 Å². The Bertz CT molecular complexity index is 187. The number of hydrogen-bond donors (Lipinski definition) is 1. The Hall–Kier alpha value is -0.160. The molecule has 1 aliphatic heterocycles. The average Bonchev–Trinajstić information content (AvgIpc) is 2.32. The van der Waals surface area contributed by atoms with E-state index >= 15 is 0 Å². The standard InChI is InChI=1S/C13H29N3O/c1-12(2)11-16-8-6-15(7-9-16)5-4-13(10-14)17-3/h12-13H,4-11,14H2,1-3H3. The van der Waals surface area contributed by atoms with Gasteiger partial charge in [-0.25, -0.2) is 0 Å². The first kappa shape index (κ1) is 14.9. The third-order valence-corrected chi connectivity index (χ3v) is 3.45. The number of ether oxygens (including phenoxy) is 1. The molecule has 0 aromatic carbocycles. The number of methoxy groups -OCH3 is 1. The van der Waals surface area contributed by atoms with E-state index in [2.05, 4.69) is 23.6 Å². The summed E-state index contributed by atoms with van der Waals surface area (Å²) in [5.41, 5.74) is 5.62. The first-order chi connectivity index (χ1) is 8.15. The molecule has 1 heterocycles. The molecule has 0 saturated carbocycles. The minimum atomic E-state index is 0.226. The third kappa shape index (κ3) is 5.82. The second-order valence-electron chi connectivity index (χ2n) is 5.42. The third-order valence-electron chi connectivity index (χ3n) is 3.45. The number of nitrogens with zero attached hydrogens (tertiary/aromatic N) is 2. The van der Waals surface area contributed by atoms with Crippen molar-refractivity contribution in [1.82, 2.24) is 9.80 Å². The molecule has 1 unspecified atom stereocenters. The zero-order valence-corrected chi connectivity index (χ0v) is 11.7. The minimum Gasteiger partial charge on any atom is -0.380 e. The molecule has 4 nitrogen and oxygen atoms in total. The van der Waals surface area contributed by atoms with E-state index in [4.69, 9.17) is 10.5 Å². The van der Waals surface area contributed by atoms with E-state index in [1.807, 2.05) is 0 Å². The van der Waals surface area contributed by atoms with E-state index in [-0.39, 0.29) is 6.10 Å². The first-order valence-corrected chi connectivity index (χ1v) is 6.83. The molecule has 1 atom stereocenters. The van der Waals surface area contributed by atoms with Crippen LogP contribution in [0.3, 0.4) is 0 Å². The maximum absolute atomic E-state index is 5.62. The Balaban J connectivity index is 2.14. The lowest BCUT2D eigenvalue weighted by atomic mass is 10.2. The highest BCUT2D eigenvalue weighted by molar-refractivity contribution is 4.73. The smallest absolute Gasteiger partial charge is 0.0705 e. The van der Waals surface area contributed by atoms with Gasteiger partial charge in [0, 0.05) is 52.9 Å². The van der Waals surface area contributed by atoms with Gasteiger partial charge in [0.25, 0.3) is 0 Å². The lowest BCUT2D eigenvalue weighted by molar-refractivity contribution is 0.0730. The summed E-state index contributed by atoms with van der Waals surface area (Å²) in [5.74, 6) is 0.775. The van der Waals surface area contributed by atoms with Crippen LogP contribution in [0.15, 0.2) is 0 Å². The van der Waals surface area contributed by atoms with Crippen LogP contribution < -0.4 is 5.73 Å². The first-order valence-electron chi connectivity index (χ1n) is 6.83. The predicted octanol–water partition coefficient (Wildman–Crippen LogP) is 0.624. The summed E-state index contributed by atoms with van der Waals surface area (Å²) < 4.78 is 5.30. The summed E-state index contributed by atoms with van der Waals surface area (Å²) in [7, 11) is 1.75. The van der Waals surface area contributed by atoms with Crippen molar-refractivity contribution in [2.45, 2.75) is 26.4 Å². The molecule has 17 heavy (non-hydrogen) atoms. The van der Waals surface area contributed by atoms with Gasteiger partial charge in [0.05, 0.1) is 6.10 Å². The molecular formula is C13H29N3O. The zero-order valence-electron chi connectivity index (χ0n) is 11.7. The Kier molecular flexibility index (Phi) is 7.04. The molecule has 102 valence electrons. The molecule has 1 rings (SSSR count). The van der Waals surface area contributed by atoms with E-state index in [0.29, 0.717) is 6.54 Å². The number of nitrogens with two attached hydrogens (primary N) is 1. The van der Waals surface area contributed by atoms with Gasteiger partial charge in [-0.3, -0.25) is 0 Å². The van der Waals surface area contributed by atoms with Crippen molar-refractivity contribution in [3.8, 4) is 0 Å². The zero-order chi connectivity index (χ0) is 12.7. The molecule has 1 saturated heterocycles. The number of hydrogen-bond acceptors (Lipinski definition) is 4. The van der Waals surface area contributed by atoms with Crippen LogP contribution >= 0.6 is 0 Å². The fourth-order valence-corrected chi connectivity index (χ4v) is 2.37. The normalized spacial score (nSPS) is 21.0. The Labute approximate surface area is 106 Å². The van der Waals surface area contributed by atoms with E-state index in [1.165, 1.54) is 32.7 Å². The van der Waals surface area contributed by atoms with Gasteiger partial charge in [-0.2, -0.15) is 0 Å². The van der Waals surface area contributed by atoms with Crippen LogP contribution in [0.4, 0.5) is 0 Å². The van der Waals surface area contributed by atoms with Crippen LogP contribution in [0.5, 0.6) is 0 Å². The van der Waals surface area contributed by atoms with Crippen molar-refractivity contribution in [2.75, 3.05) is 52.9 Å². The molecule has 1 aliphatic rings. The second kappa shape index (κ2) is 8.03. The topological polar surface area (TPSA) is 41.7 Å². The van der Waals surface area contributed by atoms with Crippen LogP contribution in [-0.4, -0.2) is 68.8 Å². The molecule has 0 amide bonds. The fraction of sp³-hybridized carbons (Fsp3) is 1.00. The molecular weight excluding hydrogens is 214 g/mol. The van der Waals surface area contributed by atoms with Gasteiger partial charge < -0.3 is 20.3 Å². The summed E-state index contributed by atoms with van der Waals surface area (Å²) >= 11 is 0. The molecule has 0 aliphatic carbocycles. The van der Waals surface area contributed by atoms with E-state index < -0.39 is 0 Å². The lowest BCUT2D eigenvalue weighted by Gasteiger charge is -2.35. The Morgan fingerprint density at radius 3 is 2.18 bits per heavy atom. The minimum absolute atomic E-state index is 0.226. The van der Waals surface area contributed by atoms with Crippen LogP contribution in [0.1, 0.15) is 20.3 Å².